The van der Waals surface area contributed by atoms with Crippen molar-refractivity contribution in [3.63, 3.8) is 0 Å². The highest BCUT2D eigenvalue weighted by molar-refractivity contribution is 5.88. The van der Waals surface area contributed by atoms with Gasteiger partial charge in [0.25, 0.3) is 5.91 Å². The fourth-order valence-corrected chi connectivity index (χ4v) is 9.91. The second-order valence-corrected chi connectivity index (χ2v) is 13.5. The van der Waals surface area contributed by atoms with Gasteiger partial charge in [-0.1, -0.05) is 18.6 Å². The van der Waals surface area contributed by atoms with Gasteiger partial charge < -0.3 is 19.7 Å². The predicted molar refractivity (Wildman–Crippen MR) is 131 cm³/mol. The maximum Gasteiger partial charge on any atom is 0.254 e. The lowest BCUT2D eigenvalue weighted by Gasteiger charge is -2.58. The van der Waals surface area contributed by atoms with E-state index in [0.29, 0.717) is 22.9 Å². The number of hydrogen-bond donors (Lipinski definition) is 1. The molecular formula is C29H44N2O3. The number of carbonyl (C=O) groups excluding carboxylic acids is 1. The number of hydrogen-bond acceptors (Lipinski definition) is 4. The quantitative estimate of drug-likeness (QED) is 0.482. The van der Waals surface area contributed by atoms with Crippen LogP contribution in [0, 0.1) is 34.5 Å². The summed E-state index contributed by atoms with van der Waals surface area (Å²) in [6, 6.07) is 1.02. The number of nitrogens with zero attached hydrogens (tertiary/aromatic N) is 1. The summed E-state index contributed by atoms with van der Waals surface area (Å²) < 4.78 is 11.5. The third-order valence-electron chi connectivity index (χ3n) is 12.2. The Balaban J connectivity index is 1.07. The van der Waals surface area contributed by atoms with Crippen molar-refractivity contribution in [2.45, 2.75) is 115 Å². The van der Waals surface area contributed by atoms with Gasteiger partial charge in [0.05, 0.1) is 0 Å². The Kier molecular flexibility index (Phi) is 4.80. The fraction of sp³-hybridized carbons (Fsp3) is 0.897. The maximum absolute atomic E-state index is 13.4. The average molecular weight is 469 g/mol. The lowest BCUT2D eigenvalue weighted by atomic mass is 9.47. The van der Waals surface area contributed by atoms with Gasteiger partial charge in [0.1, 0.15) is 11.7 Å². The van der Waals surface area contributed by atoms with Gasteiger partial charge in [0.2, 0.25) is 0 Å². The Hall–Kier alpha value is -0.910. The van der Waals surface area contributed by atoms with Gasteiger partial charge in [-0.3, -0.25) is 4.79 Å². The van der Waals surface area contributed by atoms with Crippen LogP contribution in [0.1, 0.15) is 85.0 Å². The van der Waals surface area contributed by atoms with Crippen LogP contribution < -0.4 is 5.32 Å². The van der Waals surface area contributed by atoms with Crippen molar-refractivity contribution in [1.29, 1.82) is 0 Å². The first kappa shape index (κ1) is 22.3. The SMILES string of the molecule is CC1OC1OC1(C(=O)N(C)[C@H]2CC[C@@]3(C)C(=CC[C@H]4[C@@H]5CC[C@@H]6[C@H](C)NC[C@@]65CC[C@@H]43)C2)CC1. The van der Waals surface area contributed by atoms with Gasteiger partial charge in [-0.15, -0.1) is 0 Å². The first-order chi connectivity index (χ1) is 16.3. The van der Waals surface area contributed by atoms with E-state index in [2.05, 4.69) is 30.1 Å². The molecule has 5 nitrogen and oxygen atoms in total. The van der Waals surface area contributed by atoms with Gasteiger partial charge in [-0.05, 0) is 113 Å². The van der Waals surface area contributed by atoms with Gasteiger partial charge >= 0.3 is 0 Å². The number of fused-ring (bicyclic) bond motifs is 4. The monoisotopic (exact) mass is 468 g/mol. The summed E-state index contributed by atoms with van der Waals surface area (Å²) in [7, 11) is 2.03. The van der Waals surface area contributed by atoms with Crippen molar-refractivity contribution >= 4 is 5.91 Å². The van der Waals surface area contributed by atoms with Crippen molar-refractivity contribution in [1.82, 2.24) is 10.2 Å². The zero-order valence-electron chi connectivity index (χ0n) is 21.6. The molecule has 2 aliphatic heterocycles. The van der Waals surface area contributed by atoms with Crippen molar-refractivity contribution in [2.75, 3.05) is 13.6 Å². The number of amides is 1. The molecule has 188 valence electrons. The molecule has 7 aliphatic rings. The van der Waals surface area contributed by atoms with Crippen molar-refractivity contribution in [3.8, 4) is 0 Å². The fourth-order valence-electron chi connectivity index (χ4n) is 9.91. The zero-order chi connectivity index (χ0) is 23.5. The highest BCUT2D eigenvalue weighted by Gasteiger charge is 2.63. The number of rotatable bonds is 4. The molecule has 1 amide bonds. The van der Waals surface area contributed by atoms with E-state index < -0.39 is 5.60 Å². The van der Waals surface area contributed by atoms with Crippen LogP contribution in [-0.2, 0) is 14.3 Å². The van der Waals surface area contributed by atoms with E-state index in [1.54, 1.807) is 5.57 Å². The molecule has 5 heteroatoms. The highest BCUT2D eigenvalue weighted by Crippen LogP contribution is 2.67. The zero-order valence-corrected chi connectivity index (χ0v) is 21.6. The van der Waals surface area contributed by atoms with Crippen molar-refractivity contribution in [2.24, 2.45) is 34.5 Å². The van der Waals surface area contributed by atoms with E-state index in [9.17, 15) is 4.79 Å². The van der Waals surface area contributed by atoms with E-state index in [0.717, 1.165) is 49.4 Å². The molecular weight excluding hydrogens is 424 g/mol. The molecule has 0 aromatic carbocycles. The number of ether oxygens (including phenoxy) is 2. The molecule has 0 aromatic heterocycles. The Morgan fingerprint density at radius 2 is 1.85 bits per heavy atom. The molecule has 4 saturated carbocycles. The van der Waals surface area contributed by atoms with Gasteiger partial charge in [-0.2, -0.15) is 0 Å². The Labute approximate surface area is 205 Å². The van der Waals surface area contributed by atoms with Crippen LogP contribution in [0.2, 0.25) is 0 Å². The minimum absolute atomic E-state index is 0.138. The number of nitrogens with one attached hydrogen (secondary N) is 1. The number of likely N-dealkylation sites (N-methyl/N-ethyl adjacent to an activating group) is 1. The molecule has 0 aromatic rings. The van der Waals surface area contributed by atoms with Crippen LogP contribution in [-0.4, -0.2) is 54.5 Å². The molecule has 1 N–H and O–H groups in total. The van der Waals surface area contributed by atoms with Crippen LogP contribution in [0.25, 0.3) is 0 Å². The molecule has 2 heterocycles. The summed E-state index contributed by atoms with van der Waals surface area (Å²) in [5, 5.41) is 3.87. The summed E-state index contributed by atoms with van der Waals surface area (Å²) in [4.78, 5) is 15.5. The standard InChI is InChI=1S/C29H44N2O3/c1-17-22-7-8-24-21-6-5-19-15-20(31(4)26(32)29(13-14-29)34-25-18(2)33-25)9-11-27(19,3)23(21)10-12-28(22,24)16-30-17/h5,17-18,20-25,30H,6-16H2,1-4H3/t17-,18?,20-,21+,22+,23-,24-,25?,27-,28-/m0/s1. The minimum Gasteiger partial charge on any atom is -0.342 e. The van der Waals surface area contributed by atoms with Crippen molar-refractivity contribution in [3.05, 3.63) is 11.6 Å². The molecule has 2 unspecified atom stereocenters. The first-order valence-electron chi connectivity index (χ1n) is 14.3. The number of allylic oxidation sites excluding steroid dienone is 1. The summed E-state index contributed by atoms with van der Waals surface area (Å²) >= 11 is 0. The molecule has 2 saturated heterocycles. The lowest BCUT2D eigenvalue weighted by molar-refractivity contribution is -0.153. The number of epoxide rings is 1. The summed E-state index contributed by atoms with van der Waals surface area (Å²) in [5.74, 6) is 3.74. The van der Waals surface area contributed by atoms with Gasteiger partial charge in [0.15, 0.2) is 6.29 Å². The Bertz CT molecular complexity index is 913. The van der Waals surface area contributed by atoms with E-state index >= 15 is 0 Å². The van der Waals surface area contributed by atoms with E-state index in [-0.39, 0.29) is 18.3 Å². The molecule has 5 aliphatic carbocycles. The normalized spacial score (nSPS) is 52.1. The molecule has 1 spiro atoms. The third kappa shape index (κ3) is 2.99. The molecule has 34 heavy (non-hydrogen) atoms. The van der Waals surface area contributed by atoms with Crippen LogP contribution in [0.15, 0.2) is 11.6 Å². The average Bonchev–Trinajstić information content (AvgIpc) is 3.68. The Morgan fingerprint density at radius 1 is 1.09 bits per heavy atom. The summed E-state index contributed by atoms with van der Waals surface area (Å²) in [6.45, 7) is 8.30. The minimum atomic E-state index is -0.597. The second kappa shape index (κ2) is 7.32. The first-order valence-corrected chi connectivity index (χ1v) is 14.3. The third-order valence-corrected chi connectivity index (χ3v) is 12.2. The lowest BCUT2D eigenvalue weighted by Crippen LogP contribution is -2.53. The Morgan fingerprint density at radius 3 is 2.59 bits per heavy atom. The highest BCUT2D eigenvalue weighted by atomic mass is 16.8. The topological polar surface area (TPSA) is 54.1 Å². The molecule has 6 fully saturated rings. The van der Waals surface area contributed by atoms with E-state index in [1.807, 2.05) is 14.0 Å². The van der Waals surface area contributed by atoms with E-state index in [4.69, 9.17) is 9.47 Å². The summed E-state index contributed by atoms with van der Waals surface area (Å²) in [6.07, 6.45) is 14.8. The molecule has 7 rings (SSSR count). The summed E-state index contributed by atoms with van der Waals surface area (Å²) in [5.41, 5.74) is 2.00. The van der Waals surface area contributed by atoms with Crippen LogP contribution in [0.3, 0.4) is 0 Å². The van der Waals surface area contributed by atoms with Crippen LogP contribution in [0.5, 0.6) is 0 Å². The largest absolute Gasteiger partial charge is 0.342 e. The number of carbonyl (C=O) groups is 1. The van der Waals surface area contributed by atoms with Crippen molar-refractivity contribution < 1.29 is 14.3 Å². The molecule has 10 atom stereocenters. The van der Waals surface area contributed by atoms with Crippen LogP contribution in [0.4, 0.5) is 0 Å². The molecule has 0 bridgehead atoms. The predicted octanol–water partition coefficient (Wildman–Crippen LogP) is 4.66. The molecule has 0 radical (unpaired) electrons. The van der Waals surface area contributed by atoms with E-state index in [1.165, 1.54) is 45.1 Å². The van der Waals surface area contributed by atoms with Gasteiger partial charge in [-0.25, -0.2) is 0 Å². The van der Waals surface area contributed by atoms with Gasteiger partial charge in [0, 0.05) is 25.7 Å². The van der Waals surface area contributed by atoms with Crippen LogP contribution >= 0.6 is 0 Å². The maximum atomic E-state index is 13.4. The smallest absolute Gasteiger partial charge is 0.254 e. The second-order valence-electron chi connectivity index (χ2n) is 13.5.